The SMILES string of the molecule is CC(=O)C[C@H](CC(=O)Oc1ccc(C#N)cc1)c1ccccc1. The molecule has 0 N–H and O–H groups in total. The van der Waals surface area contributed by atoms with Crippen molar-refractivity contribution >= 4 is 11.8 Å². The molecule has 0 aliphatic heterocycles. The second kappa shape index (κ2) is 7.90. The molecule has 23 heavy (non-hydrogen) atoms. The van der Waals surface area contributed by atoms with Crippen LogP contribution in [0.25, 0.3) is 0 Å². The number of carbonyl (C=O) groups excluding carboxylic acids is 2. The fourth-order valence-corrected chi connectivity index (χ4v) is 2.35. The zero-order valence-corrected chi connectivity index (χ0v) is 12.9. The topological polar surface area (TPSA) is 67.2 Å². The molecule has 0 saturated heterocycles. The van der Waals surface area contributed by atoms with Crippen LogP contribution in [-0.4, -0.2) is 11.8 Å². The molecule has 116 valence electrons. The molecule has 0 aromatic heterocycles. The minimum Gasteiger partial charge on any atom is -0.427 e. The van der Waals surface area contributed by atoms with Crippen molar-refractivity contribution in [3.8, 4) is 11.8 Å². The fraction of sp³-hybridized carbons (Fsp3) is 0.211. The van der Waals surface area contributed by atoms with Gasteiger partial charge in [0.1, 0.15) is 11.5 Å². The molecule has 0 aliphatic rings. The summed E-state index contributed by atoms with van der Waals surface area (Å²) in [4.78, 5) is 23.6. The number of ketones is 1. The zero-order chi connectivity index (χ0) is 16.7. The quantitative estimate of drug-likeness (QED) is 0.604. The summed E-state index contributed by atoms with van der Waals surface area (Å²) in [7, 11) is 0. The molecular weight excluding hydrogens is 290 g/mol. The van der Waals surface area contributed by atoms with Crippen molar-refractivity contribution in [1.29, 1.82) is 5.26 Å². The highest BCUT2D eigenvalue weighted by Crippen LogP contribution is 2.25. The molecule has 4 heteroatoms. The second-order valence-electron chi connectivity index (χ2n) is 5.33. The van der Waals surface area contributed by atoms with Crippen molar-refractivity contribution in [2.75, 3.05) is 0 Å². The van der Waals surface area contributed by atoms with Crippen LogP contribution < -0.4 is 4.74 Å². The summed E-state index contributed by atoms with van der Waals surface area (Å²) in [6.07, 6.45) is 0.427. The number of Topliss-reactive ketones (excluding diaryl/α,β-unsaturated/α-hetero) is 1. The van der Waals surface area contributed by atoms with Gasteiger partial charge in [-0.25, -0.2) is 0 Å². The fourth-order valence-electron chi connectivity index (χ4n) is 2.35. The minimum atomic E-state index is -0.398. The van der Waals surface area contributed by atoms with E-state index < -0.39 is 5.97 Å². The standard InChI is InChI=1S/C19H17NO3/c1-14(21)11-17(16-5-3-2-4-6-16)12-19(22)23-18-9-7-15(13-20)8-10-18/h2-10,17H,11-12H2,1H3/t17-/m1/s1. The third-order valence-electron chi connectivity index (χ3n) is 3.43. The molecule has 2 rings (SSSR count). The highest BCUT2D eigenvalue weighted by Gasteiger charge is 2.19. The molecule has 0 radical (unpaired) electrons. The highest BCUT2D eigenvalue weighted by atomic mass is 16.5. The van der Waals surface area contributed by atoms with Crippen LogP contribution in [0.1, 0.15) is 36.8 Å². The molecule has 2 aromatic carbocycles. The molecule has 4 nitrogen and oxygen atoms in total. The average molecular weight is 307 g/mol. The molecule has 0 amide bonds. The molecule has 0 saturated carbocycles. The summed E-state index contributed by atoms with van der Waals surface area (Å²) in [5.41, 5.74) is 1.45. The largest absolute Gasteiger partial charge is 0.427 e. The molecule has 0 unspecified atom stereocenters. The first-order valence-electron chi connectivity index (χ1n) is 7.33. The van der Waals surface area contributed by atoms with Crippen LogP contribution in [0.5, 0.6) is 5.75 Å². The Morgan fingerprint density at radius 3 is 2.26 bits per heavy atom. The van der Waals surface area contributed by atoms with Crippen LogP contribution in [-0.2, 0) is 9.59 Å². The van der Waals surface area contributed by atoms with Gasteiger partial charge in [0.2, 0.25) is 0 Å². The van der Waals surface area contributed by atoms with Gasteiger partial charge in [0.05, 0.1) is 18.1 Å². The van der Waals surface area contributed by atoms with Crippen LogP contribution in [0.3, 0.4) is 0 Å². The number of esters is 1. The highest BCUT2D eigenvalue weighted by molar-refractivity contribution is 5.79. The van der Waals surface area contributed by atoms with Crippen LogP contribution in [0.15, 0.2) is 54.6 Å². The molecule has 0 heterocycles. The van der Waals surface area contributed by atoms with E-state index in [2.05, 4.69) is 0 Å². The van der Waals surface area contributed by atoms with Crippen molar-refractivity contribution < 1.29 is 14.3 Å². The third-order valence-corrected chi connectivity index (χ3v) is 3.43. The lowest BCUT2D eigenvalue weighted by Gasteiger charge is -2.15. The van der Waals surface area contributed by atoms with E-state index in [1.807, 2.05) is 36.4 Å². The zero-order valence-electron chi connectivity index (χ0n) is 12.9. The predicted molar refractivity (Wildman–Crippen MR) is 85.9 cm³/mol. The van der Waals surface area contributed by atoms with Crippen molar-refractivity contribution in [2.24, 2.45) is 0 Å². The Kier molecular flexibility index (Phi) is 5.65. The number of rotatable bonds is 6. The number of hydrogen-bond donors (Lipinski definition) is 0. The molecule has 0 fully saturated rings. The summed E-state index contributed by atoms with van der Waals surface area (Å²) in [5, 5.41) is 8.75. The van der Waals surface area contributed by atoms with Gasteiger partial charge in [-0.15, -0.1) is 0 Å². The Labute approximate surface area is 135 Å². The summed E-state index contributed by atoms with van der Waals surface area (Å²) in [5.74, 6) is -0.168. The normalized spacial score (nSPS) is 11.3. The van der Waals surface area contributed by atoms with E-state index in [4.69, 9.17) is 10.00 Å². The van der Waals surface area contributed by atoms with Gasteiger partial charge in [-0.05, 0) is 36.8 Å². The maximum absolute atomic E-state index is 12.1. The van der Waals surface area contributed by atoms with E-state index in [-0.39, 0.29) is 18.1 Å². The number of nitriles is 1. The minimum absolute atomic E-state index is 0.0324. The lowest BCUT2D eigenvalue weighted by Crippen LogP contribution is -2.15. The van der Waals surface area contributed by atoms with E-state index in [1.54, 1.807) is 24.3 Å². The Bertz CT molecular complexity index is 715. The summed E-state index contributed by atoms with van der Waals surface area (Å²) < 4.78 is 5.29. The summed E-state index contributed by atoms with van der Waals surface area (Å²) >= 11 is 0. The second-order valence-corrected chi connectivity index (χ2v) is 5.33. The maximum Gasteiger partial charge on any atom is 0.311 e. The van der Waals surface area contributed by atoms with Crippen molar-refractivity contribution in [2.45, 2.75) is 25.7 Å². The summed E-state index contributed by atoms with van der Waals surface area (Å²) in [6, 6.07) is 17.8. The van der Waals surface area contributed by atoms with E-state index in [0.717, 1.165) is 5.56 Å². The lowest BCUT2D eigenvalue weighted by molar-refractivity contribution is -0.134. The predicted octanol–water partition coefficient (Wildman–Crippen LogP) is 3.62. The summed E-state index contributed by atoms with van der Waals surface area (Å²) in [6.45, 7) is 1.52. The Balaban J connectivity index is 2.05. The Hall–Kier alpha value is -2.93. The number of ether oxygens (including phenoxy) is 1. The molecular formula is C19H17NO3. The molecule has 1 atom stereocenters. The Morgan fingerprint density at radius 1 is 1.04 bits per heavy atom. The molecule has 0 bridgehead atoms. The van der Waals surface area contributed by atoms with Gasteiger partial charge in [-0.2, -0.15) is 5.26 Å². The van der Waals surface area contributed by atoms with E-state index >= 15 is 0 Å². The first kappa shape index (κ1) is 16.4. The first-order chi connectivity index (χ1) is 11.1. The van der Waals surface area contributed by atoms with E-state index in [0.29, 0.717) is 17.7 Å². The monoisotopic (exact) mass is 307 g/mol. The molecule has 2 aromatic rings. The lowest BCUT2D eigenvalue weighted by atomic mass is 9.91. The first-order valence-corrected chi connectivity index (χ1v) is 7.33. The Morgan fingerprint density at radius 2 is 1.70 bits per heavy atom. The van der Waals surface area contributed by atoms with E-state index in [9.17, 15) is 9.59 Å². The van der Waals surface area contributed by atoms with Gasteiger partial charge in [0, 0.05) is 12.3 Å². The van der Waals surface area contributed by atoms with Crippen LogP contribution in [0, 0.1) is 11.3 Å². The maximum atomic E-state index is 12.1. The van der Waals surface area contributed by atoms with Gasteiger partial charge >= 0.3 is 5.97 Å². The van der Waals surface area contributed by atoms with Crippen molar-refractivity contribution in [3.63, 3.8) is 0 Å². The van der Waals surface area contributed by atoms with Gasteiger partial charge in [0.15, 0.2) is 0 Å². The molecule has 0 aliphatic carbocycles. The van der Waals surface area contributed by atoms with Gasteiger partial charge in [-0.1, -0.05) is 30.3 Å². The smallest absolute Gasteiger partial charge is 0.311 e. The number of hydrogen-bond acceptors (Lipinski definition) is 4. The number of nitrogens with zero attached hydrogens (tertiary/aromatic N) is 1. The van der Waals surface area contributed by atoms with Crippen LogP contribution in [0.2, 0.25) is 0 Å². The van der Waals surface area contributed by atoms with Gasteiger partial charge in [-0.3, -0.25) is 4.79 Å². The van der Waals surface area contributed by atoms with Gasteiger partial charge in [0.25, 0.3) is 0 Å². The van der Waals surface area contributed by atoms with Crippen molar-refractivity contribution in [1.82, 2.24) is 0 Å². The van der Waals surface area contributed by atoms with Crippen LogP contribution >= 0.6 is 0 Å². The van der Waals surface area contributed by atoms with Gasteiger partial charge < -0.3 is 9.53 Å². The average Bonchev–Trinajstić information content (AvgIpc) is 2.55. The van der Waals surface area contributed by atoms with Crippen LogP contribution in [0.4, 0.5) is 0 Å². The van der Waals surface area contributed by atoms with E-state index in [1.165, 1.54) is 6.92 Å². The number of benzene rings is 2. The third kappa shape index (κ3) is 5.08. The van der Waals surface area contributed by atoms with Crippen molar-refractivity contribution in [3.05, 3.63) is 65.7 Å². The number of carbonyl (C=O) groups is 2. The molecule has 0 spiro atoms.